The molecule has 2 aromatic heterocycles. The highest BCUT2D eigenvalue weighted by molar-refractivity contribution is 5.45. The van der Waals surface area contributed by atoms with E-state index in [1.54, 1.807) is 0 Å². The topological polar surface area (TPSA) is 53.9 Å². The first-order valence-corrected chi connectivity index (χ1v) is 7.39. The molecule has 0 aliphatic carbocycles. The Kier molecular flexibility index (Phi) is 5.09. The summed E-state index contributed by atoms with van der Waals surface area (Å²) in [6, 6.07) is 8.12. The molecule has 0 radical (unpaired) electrons. The molecule has 0 aliphatic heterocycles. The maximum absolute atomic E-state index is 4.59. The van der Waals surface area contributed by atoms with E-state index in [4.69, 9.17) is 0 Å². The second kappa shape index (κ2) is 7.02. The summed E-state index contributed by atoms with van der Waals surface area (Å²) in [5, 5.41) is 3.18. The first-order valence-electron chi connectivity index (χ1n) is 7.39. The maximum atomic E-state index is 4.59. The lowest BCUT2D eigenvalue weighted by Gasteiger charge is -2.22. The van der Waals surface area contributed by atoms with Crippen LogP contribution in [0.5, 0.6) is 0 Å². The van der Waals surface area contributed by atoms with Gasteiger partial charge in [-0.2, -0.15) is 4.98 Å². The number of aryl methyl sites for hydroxylation is 2. The number of anilines is 2. The first-order chi connectivity index (χ1) is 10.1. The summed E-state index contributed by atoms with van der Waals surface area (Å²) in [5.74, 6) is 1.62. The van der Waals surface area contributed by atoms with E-state index in [9.17, 15) is 0 Å². The van der Waals surface area contributed by atoms with E-state index in [-0.39, 0.29) is 0 Å². The third kappa shape index (κ3) is 4.15. The highest BCUT2D eigenvalue weighted by atomic mass is 15.2. The van der Waals surface area contributed by atoms with Gasteiger partial charge < -0.3 is 10.2 Å². The van der Waals surface area contributed by atoms with Crippen LogP contribution in [0.4, 0.5) is 11.8 Å². The van der Waals surface area contributed by atoms with Gasteiger partial charge in [-0.05, 0) is 39.8 Å². The number of aromatic nitrogens is 3. The predicted molar refractivity (Wildman–Crippen MR) is 86.6 cm³/mol. The summed E-state index contributed by atoms with van der Waals surface area (Å²) in [6.07, 6.45) is 0. The third-order valence-electron chi connectivity index (χ3n) is 3.18. The normalized spacial score (nSPS) is 10.5. The van der Waals surface area contributed by atoms with E-state index in [0.29, 0.717) is 5.95 Å². The summed E-state index contributed by atoms with van der Waals surface area (Å²) >= 11 is 0. The molecule has 0 bridgehead atoms. The van der Waals surface area contributed by atoms with E-state index in [1.807, 2.05) is 39.0 Å². The van der Waals surface area contributed by atoms with Gasteiger partial charge in [0, 0.05) is 30.5 Å². The van der Waals surface area contributed by atoms with Gasteiger partial charge in [0.05, 0.1) is 12.2 Å². The molecule has 2 rings (SSSR count). The van der Waals surface area contributed by atoms with Crippen molar-refractivity contribution in [3.63, 3.8) is 0 Å². The molecule has 2 aromatic rings. The van der Waals surface area contributed by atoms with Crippen molar-refractivity contribution < 1.29 is 0 Å². The Morgan fingerprint density at radius 2 is 1.86 bits per heavy atom. The van der Waals surface area contributed by atoms with Crippen molar-refractivity contribution in [2.24, 2.45) is 0 Å². The van der Waals surface area contributed by atoms with Crippen LogP contribution in [0.3, 0.4) is 0 Å². The minimum Gasteiger partial charge on any atom is -0.354 e. The van der Waals surface area contributed by atoms with Crippen LogP contribution in [0.25, 0.3) is 0 Å². The summed E-state index contributed by atoms with van der Waals surface area (Å²) in [7, 11) is 0. The van der Waals surface area contributed by atoms with Crippen molar-refractivity contribution >= 4 is 11.8 Å². The molecule has 112 valence electrons. The van der Waals surface area contributed by atoms with Gasteiger partial charge in [0.25, 0.3) is 0 Å². The van der Waals surface area contributed by atoms with Crippen molar-refractivity contribution in [3.05, 3.63) is 41.3 Å². The highest BCUT2D eigenvalue weighted by Crippen LogP contribution is 2.17. The van der Waals surface area contributed by atoms with Crippen molar-refractivity contribution in [1.29, 1.82) is 0 Å². The Morgan fingerprint density at radius 3 is 2.52 bits per heavy atom. The smallest absolute Gasteiger partial charge is 0.224 e. The van der Waals surface area contributed by atoms with E-state index in [1.165, 1.54) is 0 Å². The Morgan fingerprint density at radius 1 is 1.05 bits per heavy atom. The third-order valence-corrected chi connectivity index (χ3v) is 3.18. The second-order valence-electron chi connectivity index (χ2n) is 5.01. The monoisotopic (exact) mass is 285 g/mol. The van der Waals surface area contributed by atoms with Crippen molar-refractivity contribution in [3.8, 4) is 0 Å². The standard InChI is InChI=1S/C16H23N5/c1-5-17-16-19-13(4)10-15(20-16)21(6-2)11-14-9-7-8-12(3)18-14/h7-10H,5-6,11H2,1-4H3,(H,17,19,20). The average Bonchev–Trinajstić information content (AvgIpc) is 2.44. The van der Waals surface area contributed by atoms with Gasteiger partial charge in [-0.1, -0.05) is 6.07 Å². The Labute approximate surface area is 126 Å². The van der Waals surface area contributed by atoms with Crippen LogP contribution in [-0.2, 0) is 6.54 Å². The predicted octanol–water partition coefficient (Wildman–Crippen LogP) is 2.95. The fraction of sp³-hybridized carbons (Fsp3) is 0.438. The largest absolute Gasteiger partial charge is 0.354 e. The van der Waals surface area contributed by atoms with Crippen LogP contribution in [-0.4, -0.2) is 28.0 Å². The number of rotatable bonds is 6. The minimum atomic E-state index is 0.683. The molecule has 0 aromatic carbocycles. The zero-order chi connectivity index (χ0) is 15.2. The van der Waals surface area contributed by atoms with Gasteiger partial charge in [-0.15, -0.1) is 0 Å². The molecule has 0 spiro atoms. The quantitative estimate of drug-likeness (QED) is 0.884. The summed E-state index contributed by atoms with van der Waals surface area (Å²) in [6.45, 7) is 10.6. The SMILES string of the molecule is CCNc1nc(C)cc(N(CC)Cc2cccc(C)n2)n1. The molecule has 0 saturated heterocycles. The minimum absolute atomic E-state index is 0.683. The fourth-order valence-electron chi connectivity index (χ4n) is 2.19. The van der Waals surface area contributed by atoms with E-state index < -0.39 is 0 Å². The molecule has 0 saturated carbocycles. The lowest BCUT2D eigenvalue weighted by atomic mass is 10.3. The molecule has 0 aliphatic rings. The van der Waals surface area contributed by atoms with E-state index in [2.05, 4.69) is 38.2 Å². The summed E-state index contributed by atoms with van der Waals surface area (Å²) in [4.78, 5) is 15.8. The number of hydrogen-bond donors (Lipinski definition) is 1. The second-order valence-corrected chi connectivity index (χ2v) is 5.01. The van der Waals surface area contributed by atoms with Crippen molar-refractivity contribution in [2.75, 3.05) is 23.3 Å². The zero-order valence-corrected chi connectivity index (χ0v) is 13.2. The summed E-state index contributed by atoms with van der Waals surface area (Å²) in [5.41, 5.74) is 3.06. The number of nitrogens with zero attached hydrogens (tertiary/aromatic N) is 4. The Balaban J connectivity index is 2.24. The zero-order valence-electron chi connectivity index (χ0n) is 13.2. The van der Waals surface area contributed by atoms with Gasteiger partial charge in [0.2, 0.25) is 5.95 Å². The molecule has 0 unspecified atom stereocenters. The van der Waals surface area contributed by atoms with Crippen LogP contribution < -0.4 is 10.2 Å². The molecule has 5 nitrogen and oxygen atoms in total. The maximum Gasteiger partial charge on any atom is 0.224 e. The first kappa shape index (κ1) is 15.2. The van der Waals surface area contributed by atoms with Gasteiger partial charge in [0.1, 0.15) is 5.82 Å². The Hall–Kier alpha value is -2.17. The van der Waals surface area contributed by atoms with Gasteiger partial charge in [0.15, 0.2) is 0 Å². The average molecular weight is 285 g/mol. The molecule has 2 heterocycles. The molecule has 0 amide bonds. The van der Waals surface area contributed by atoms with Crippen LogP contribution in [0, 0.1) is 13.8 Å². The lowest BCUT2D eigenvalue weighted by Crippen LogP contribution is -2.24. The lowest BCUT2D eigenvalue weighted by molar-refractivity contribution is 0.786. The number of hydrogen-bond acceptors (Lipinski definition) is 5. The van der Waals surface area contributed by atoms with Crippen LogP contribution in [0.1, 0.15) is 30.9 Å². The van der Waals surface area contributed by atoms with Gasteiger partial charge >= 0.3 is 0 Å². The molecular formula is C16H23N5. The summed E-state index contributed by atoms with van der Waals surface area (Å²) < 4.78 is 0. The molecule has 0 atom stereocenters. The molecule has 1 N–H and O–H groups in total. The molecular weight excluding hydrogens is 262 g/mol. The highest BCUT2D eigenvalue weighted by Gasteiger charge is 2.10. The number of nitrogens with one attached hydrogen (secondary N) is 1. The van der Waals surface area contributed by atoms with Gasteiger partial charge in [-0.3, -0.25) is 4.98 Å². The Bertz CT molecular complexity index is 597. The van der Waals surface area contributed by atoms with Crippen LogP contribution in [0.2, 0.25) is 0 Å². The van der Waals surface area contributed by atoms with Crippen LogP contribution >= 0.6 is 0 Å². The van der Waals surface area contributed by atoms with Crippen molar-refractivity contribution in [2.45, 2.75) is 34.2 Å². The fourth-order valence-corrected chi connectivity index (χ4v) is 2.19. The molecule has 0 fully saturated rings. The number of pyridine rings is 1. The van der Waals surface area contributed by atoms with Gasteiger partial charge in [-0.25, -0.2) is 4.98 Å². The molecule has 21 heavy (non-hydrogen) atoms. The molecule has 5 heteroatoms. The van der Waals surface area contributed by atoms with E-state index >= 15 is 0 Å². The van der Waals surface area contributed by atoms with E-state index in [0.717, 1.165) is 42.5 Å². The van der Waals surface area contributed by atoms with Crippen LogP contribution in [0.15, 0.2) is 24.3 Å². The van der Waals surface area contributed by atoms with Crippen molar-refractivity contribution in [1.82, 2.24) is 15.0 Å².